The Balaban J connectivity index is 1.75. The number of aryl methyl sites for hydroxylation is 1. The van der Waals surface area contributed by atoms with E-state index in [0.717, 1.165) is 0 Å². The van der Waals surface area contributed by atoms with Crippen LogP contribution in [-0.2, 0) is 17.9 Å². The average Bonchev–Trinajstić information content (AvgIpc) is 3.41. The summed E-state index contributed by atoms with van der Waals surface area (Å²) in [5.74, 6) is -0.128. The summed E-state index contributed by atoms with van der Waals surface area (Å²) in [4.78, 5) is 25.2. The second-order valence-corrected chi connectivity index (χ2v) is 6.60. The molecule has 0 radical (unpaired) electrons. The molecule has 28 heavy (non-hydrogen) atoms. The van der Waals surface area contributed by atoms with Crippen LogP contribution in [0.5, 0.6) is 0 Å². The molecule has 0 aliphatic carbocycles. The molecule has 0 aromatic carbocycles. The van der Waals surface area contributed by atoms with E-state index in [4.69, 9.17) is 16.0 Å². The highest BCUT2D eigenvalue weighted by Gasteiger charge is 2.23. The first kappa shape index (κ1) is 19.7. The van der Waals surface area contributed by atoms with Gasteiger partial charge in [0.15, 0.2) is 5.69 Å². The van der Waals surface area contributed by atoms with Gasteiger partial charge in [0.05, 0.1) is 35.4 Å². The van der Waals surface area contributed by atoms with Crippen LogP contribution in [0.25, 0.3) is 0 Å². The summed E-state index contributed by atoms with van der Waals surface area (Å²) in [5, 5.41) is 14.4. The van der Waals surface area contributed by atoms with Crippen LogP contribution in [0.2, 0.25) is 5.02 Å². The van der Waals surface area contributed by atoms with Crippen LogP contribution in [0.4, 0.5) is 5.69 Å². The molecule has 9 nitrogen and oxygen atoms in total. The molecule has 3 aromatic heterocycles. The molecule has 0 saturated carbocycles. The summed E-state index contributed by atoms with van der Waals surface area (Å²) in [6, 6.07) is 2.88. The van der Waals surface area contributed by atoms with E-state index < -0.39 is 11.9 Å². The van der Waals surface area contributed by atoms with Crippen molar-refractivity contribution in [1.82, 2.24) is 24.9 Å². The Kier molecular flexibility index (Phi) is 5.84. The summed E-state index contributed by atoms with van der Waals surface area (Å²) >= 11 is 6.02. The average molecular weight is 405 g/mol. The molecular formula is C18H21ClN6O3. The van der Waals surface area contributed by atoms with Crippen LogP contribution in [0.1, 0.15) is 41.8 Å². The first-order valence-corrected chi connectivity index (χ1v) is 9.17. The molecule has 2 amide bonds. The predicted octanol–water partition coefficient (Wildman–Crippen LogP) is 2.78. The number of anilines is 1. The van der Waals surface area contributed by atoms with Crippen molar-refractivity contribution in [2.24, 2.45) is 0 Å². The molecule has 0 aliphatic rings. The summed E-state index contributed by atoms with van der Waals surface area (Å²) < 4.78 is 8.31. The maximum absolute atomic E-state index is 12.7. The van der Waals surface area contributed by atoms with Gasteiger partial charge in [-0.3, -0.25) is 19.0 Å². The van der Waals surface area contributed by atoms with Crippen molar-refractivity contribution in [3.63, 3.8) is 0 Å². The van der Waals surface area contributed by atoms with Crippen LogP contribution >= 0.6 is 11.6 Å². The number of hydrogen-bond donors (Lipinski definition) is 2. The number of rotatable bonds is 7. The Bertz CT molecular complexity index is 976. The van der Waals surface area contributed by atoms with Crippen molar-refractivity contribution in [3.8, 4) is 0 Å². The predicted molar refractivity (Wildman–Crippen MR) is 103 cm³/mol. The quantitative estimate of drug-likeness (QED) is 0.629. The number of nitrogens with zero attached hydrogens (tertiary/aromatic N) is 4. The molecule has 0 spiro atoms. The minimum atomic E-state index is -0.614. The molecule has 10 heteroatoms. The second kappa shape index (κ2) is 8.30. The molecule has 2 N–H and O–H groups in total. The maximum Gasteiger partial charge on any atom is 0.274 e. The van der Waals surface area contributed by atoms with Gasteiger partial charge in [0.2, 0.25) is 5.91 Å². The first-order chi connectivity index (χ1) is 13.4. The van der Waals surface area contributed by atoms with E-state index in [2.05, 4.69) is 20.8 Å². The van der Waals surface area contributed by atoms with Gasteiger partial charge in [-0.1, -0.05) is 11.6 Å². The van der Waals surface area contributed by atoms with Gasteiger partial charge >= 0.3 is 0 Å². The number of amides is 2. The molecule has 1 atom stereocenters. The SMILES string of the molecule is CCn1cc(NC(=O)[C@H](C)n2ncc(Cl)c2C)c(C(=O)NCc2ccco2)n1. The third-order valence-electron chi connectivity index (χ3n) is 4.29. The summed E-state index contributed by atoms with van der Waals surface area (Å²) in [6.07, 6.45) is 4.64. The number of carbonyl (C=O) groups is 2. The monoisotopic (exact) mass is 404 g/mol. The lowest BCUT2D eigenvalue weighted by Gasteiger charge is -2.14. The Labute approximate surface area is 166 Å². The molecule has 3 rings (SSSR count). The number of hydrogen-bond acceptors (Lipinski definition) is 5. The normalized spacial score (nSPS) is 12.0. The molecule has 3 aromatic rings. The van der Waals surface area contributed by atoms with Crippen molar-refractivity contribution < 1.29 is 14.0 Å². The van der Waals surface area contributed by atoms with E-state index in [0.29, 0.717) is 28.7 Å². The fourth-order valence-corrected chi connectivity index (χ4v) is 2.78. The molecule has 0 fully saturated rings. The lowest BCUT2D eigenvalue weighted by Crippen LogP contribution is -2.28. The van der Waals surface area contributed by atoms with Gasteiger partial charge in [-0.25, -0.2) is 0 Å². The standard InChI is InChI=1S/C18H21ClN6O3/c1-4-24-10-15(16(23-24)18(27)20-8-13-6-5-7-28-13)22-17(26)12(3)25-11(2)14(19)9-21-25/h5-7,9-10,12H,4,8H2,1-3H3,(H,20,27)(H,22,26)/t12-/m0/s1. The lowest BCUT2D eigenvalue weighted by atomic mass is 10.2. The van der Waals surface area contributed by atoms with Crippen LogP contribution in [0.3, 0.4) is 0 Å². The van der Waals surface area contributed by atoms with Crippen molar-refractivity contribution in [3.05, 3.63) is 53.0 Å². The zero-order valence-corrected chi connectivity index (χ0v) is 16.5. The van der Waals surface area contributed by atoms with Gasteiger partial charge in [-0.2, -0.15) is 10.2 Å². The number of halogens is 1. The van der Waals surface area contributed by atoms with Gasteiger partial charge < -0.3 is 15.1 Å². The second-order valence-electron chi connectivity index (χ2n) is 6.20. The fourth-order valence-electron chi connectivity index (χ4n) is 2.65. The highest BCUT2D eigenvalue weighted by Crippen LogP contribution is 2.20. The highest BCUT2D eigenvalue weighted by atomic mass is 35.5. The van der Waals surface area contributed by atoms with E-state index in [1.807, 2.05) is 6.92 Å². The molecule has 0 unspecified atom stereocenters. The third-order valence-corrected chi connectivity index (χ3v) is 4.66. The fraction of sp³-hybridized carbons (Fsp3) is 0.333. The van der Waals surface area contributed by atoms with E-state index in [9.17, 15) is 9.59 Å². The van der Waals surface area contributed by atoms with Gasteiger partial charge in [0.1, 0.15) is 11.8 Å². The molecule has 0 aliphatic heterocycles. The smallest absolute Gasteiger partial charge is 0.274 e. The summed E-state index contributed by atoms with van der Waals surface area (Å²) in [6.45, 7) is 6.15. The van der Waals surface area contributed by atoms with E-state index in [-0.39, 0.29) is 18.1 Å². The minimum Gasteiger partial charge on any atom is -0.467 e. The van der Waals surface area contributed by atoms with Crippen molar-refractivity contribution in [2.75, 3.05) is 5.32 Å². The third kappa shape index (κ3) is 4.09. The molecule has 0 saturated heterocycles. The maximum atomic E-state index is 12.7. The van der Waals surface area contributed by atoms with E-state index >= 15 is 0 Å². The van der Waals surface area contributed by atoms with Crippen molar-refractivity contribution in [2.45, 2.75) is 39.9 Å². The largest absolute Gasteiger partial charge is 0.467 e. The Morgan fingerprint density at radius 2 is 2.18 bits per heavy atom. The zero-order chi connectivity index (χ0) is 20.3. The molecule has 0 bridgehead atoms. The van der Waals surface area contributed by atoms with Crippen LogP contribution in [-0.4, -0.2) is 31.4 Å². The number of furan rings is 1. The van der Waals surface area contributed by atoms with Crippen LogP contribution < -0.4 is 10.6 Å². The highest BCUT2D eigenvalue weighted by molar-refractivity contribution is 6.31. The van der Waals surface area contributed by atoms with Crippen molar-refractivity contribution in [1.29, 1.82) is 0 Å². The summed E-state index contributed by atoms with van der Waals surface area (Å²) in [5.41, 5.74) is 1.14. The van der Waals surface area contributed by atoms with Gasteiger partial charge in [-0.15, -0.1) is 0 Å². The Morgan fingerprint density at radius 3 is 2.79 bits per heavy atom. The van der Waals surface area contributed by atoms with Gasteiger partial charge in [0, 0.05) is 12.7 Å². The first-order valence-electron chi connectivity index (χ1n) is 8.79. The molecule has 148 valence electrons. The zero-order valence-electron chi connectivity index (χ0n) is 15.8. The molecule has 3 heterocycles. The van der Waals surface area contributed by atoms with Crippen molar-refractivity contribution >= 4 is 29.1 Å². The lowest BCUT2D eigenvalue weighted by molar-refractivity contribution is -0.119. The number of aromatic nitrogens is 4. The van der Waals surface area contributed by atoms with E-state index in [1.165, 1.54) is 17.1 Å². The number of carbonyl (C=O) groups excluding carboxylic acids is 2. The topological polar surface area (TPSA) is 107 Å². The van der Waals surface area contributed by atoms with E-state index in [1.54, 1.807) is 36.9 Å². The van der Waals surface area contributed by atoms with Crippen LogP contribution in [0.15, 0.2) is 35.2 Å². The number of nitrogens with one attached hydrogen (secondary N) is 2. The Morgan fingerprint density at radius 1 is 1.39 bits per heavy atom. The van der Waals surface area contributed by atoms with Gasteiger partial charge in [0.25, 0.3) is 5.91 Å². The molecular weight excluding hydrogens is 384 g/mol. The van der Waals surface area contributed by atoms with Crippen LogP contribution in [0, 0.1) is 6.92 Å². The Hall–Kier alpha value is -3.07. The summed E-state index contributed by atoms with van der Waals surface area (Å²) in [7, 11) is 0. The minimum absolute atomic E-state index is 0.129. The van der Waals surface area contributed by atoms with Gasteiger partial charge in [-0.05, 0) is 32.9 Å².